The van der Waals surface area contributed by atoms with Crippen LogP contribution in [0.3, 0.4) is 0 Å². The minimum Gasteiger partial charge on any atom is -0.326 e. The molecule has 146 valence electrons. The second-order valence-electron chi connectivity index (χ2n) is 6.69. The van der Waals surface area contributed by atoms with Gasteiger partial charge in [0.05, 0.1) is 10.5 Å². The zero-order valence-corrected chi connectivity index (χ0v) is 15.7. The number of nitro groups is 1. The van der Waals surface area contributed by atoms with Gasteiger partial charge in [-0.3, -0.25) is 14.9 Å². The number of nitrogens with zero attached hydrogens (tertiary/aromatic N) is 5. The molecule has 1 unspecified atom stereocenters. The molecular formula is C19H17N7O3. The molecule has 0 radical (unpaired) electrons. The summed E-state index contributed by atoms with van der Waals surface area (Å²) in [5, 5.41) is 28.6. The van der Waals surface area contributed by atoms with Crippen molar-refractivity contribution in [2.24, 2.45) is 0 Å². The normalized spacial score (nSPS) is 15.4. The van der Waals surface area contributed by atoms with Crippen LogP contribution < -0.4 is 10.6 Å². The monoisotopic (exact) mass is 391 g/mol. The molecule has 2 aromatic carbocycles. The zero-order valence-electron chi connectivity index (χ0n) is 15.7. The van der Waals surface area contributed by atoms with E-state index >= 15 is 0 Å². The highest BCUT2D eigenvalue weighted by Gasteiger charge is 2.34. The Balaban J connectivity index is 1.75. The van der Waals surface area contributed by atoms with Crippen molar-refractivity contribution >= 4 is 23.2 Å². The Hall–Kier alpha value is -4.08. The van der Waals surface area contributed by atoms with Crippen LogP contribution in [0.4, 0.5) is 17.3 Å². The molecule has 0 aliphatic carbocycles. The van der Waals surface area contributed by atoms with Crippen LogP contribution in [0.25, 0.3) is 0 Å². The molecule has 4 rings (SSSR count). The molecule has 29 heavy (non-hydrogen) atoms. The number of aryl methyl sites for hydroxylation is 1. The van der Waals surface area contributed by atoms with Gasteiger partial charge in [0, 0.05) is 23.5 Å². The molecule has 0 saturated heterocycles. The number of non-ortho nitro benzene ring substituents is 1. The Morgan fingerprint density at radius 2 is 1.97 bits per heavy atom. The van der Waals surface area contributed by atoms with Gasteiger partial charge in [-0.2, -0.15) is 4.68 Å². The molecule has 10 nitrogen and oxygen atoms in total. The van der Waals surface area contributed by atoms with Crippen LogP contribution in [-0.4, -0.2) is 31.0 Å². The molecule has 1 aromatic heterocycles. The third-order valence-corrected chi connectivity index (χ3v) is 4.65. The van der Waals surface area contributed by atoms with E-state index in [2.05, 4.69) is 26.2 Å². The molecule has 0 bridgehead atoms. The number of hydrogen-bond donors (Lipinski definition) is 2. The van der Waals surface area contributed by atoms with Gasteiger partial charge in [0.2, 0.25) is 5.95 Å². The molecule has 0 saturated carbocycles. The lowest BCUT2D eigenvalue weighted by Crippen LogP contribution is -2.31. The average molecular weight is 391 g/mol. The van der Waals surface area contributed by atoms with Gasteiger partial charge in [0.25, 0.3) is 11.6 Å². The summed E-state index contributed by atoms with van der Waals surface area (Å²) < 4.78 is 1.49. The van der Waals surface area contributed by atoms with Gasteiger partial charge in [-0.05, 0) is 59.7 Å². The number of anilines is 2. The van der Waals surface area contributed by atoms with Gasteiger partial charge in [-0.25, -0.2) is 0 Å². The second-order valence-corrected chi connectivity index (χ2v) is 6.69. The van der Waals surface area contributed by atoms with Gasteiger partial charge in [-0.15, -0.1) is 0 Å². The summed E-state index contributed by atoms with van der Waals surface area (Å²) >= 11 is 0. The Labute approximate surface area is 165 Å². The van der Waals surface area contributed by atoms with Gasteiger partial charge >= 0.3 is 0 Å². The Kier molecular flexibility index (Phi) is 4.51. The number of nitrogens with one attached hydrogen (secondary N) is 2. The van der Waals surface area contributed by atoms with Crippen molar-refractivity contribution < 1.29 is 9.72 Å². The van der Waals surface area contributed by atoms with Crippen molar-refractivity contribution in [1.29, 1.82) is 0 Å². The van der Waals surface area contributed by atoms with Gasteiger partial charge in [0.1, 0.15) is 6.04 Å². The number of fused-ring (bicyclic) bond motifs is 1. The number of tetrazole rings is 1. The minimum atomic E-state index is -0.633. The number of rotatable bonds is 4. The maximum absolute atomic E-state index is 13.2. The van der Waals surface area contributed by atoms with Crippen molar-refractivity contribution in [2.75, 3.05) is 10.6 Å². The number of nitro benzene ring substituents is 1. The molecule has 0 fully saturated rings. The molecule has 2 N–H and O–H groups in total. The highest BCUT2D eigenvalue weighted by molar-refractivity contribution is 6.06. The van der Waals surface area contributed by atoms with Gasteiger partial charge < -0.3 is 10.6 Å². The molecular weight excluding hydrogens is 374 g/mol. The second kappa shape index (κ2) is 7.15. The zero-order chi connectivity index (χ0) is 20.5. The summed E-state index contributed by atoms with van der Waals surface area (Å²) in [7, 11) is 0. The summed E-state index contributed by atoms with van der Waals surface area (Å²) in [6.45, 7) is 3.71. The standard InChI is InChI=1S/C19H17N7O3/c1-11-4-3-5-14(10-11)21-18(27)16-12(2)20-19-22-23-24-25(19)17(16)13-6-8-15(9-7-13)26(28)29/h3-10,17H,1-2H3,(H,21,27)(H,20,22,24). The lowest BCUT2D eigenvalue weighted by molar-refractivity contribution is -0.384. The fourth-order valence-corrected chi connectivity index (χ4v) is 3.31. The molecule has 10 heteroatoms. The fourth-order valence-electron chi connectivity index (χ4n) is 3.31. The Bertz CT molecular complexity index is 1130. The Morgan fingerprint density at radius 3 is 2.66 bits per heavy atom. The average Bonchev–Trinajstić information content (AvgIpc) is 3.14. The van der Waals surface area contributed by atoms with Crippen molar-refractivity contribution in [3.05, 3.63) is 81.0 Å². The number of benzene rings is 2. The smallest absolute Gasteiger partial charge is 0.269 e. The fraction of sp³-hybridized carbons (Fsp3) is 0.158. The van der Waals surface area contributed by atoms with Gasteiger partial charge in [-0.1, -0.05) is 17.2 Å². The molecule has 0 spiro atoms. The number of aromatic nitrogens is 4. The maximum Gasteiger partial charge on any atom is 0.269 e. The highest BCUT2D eigenvalue weighted by atomic mass is 16.6. The van der Waals surface area contributed by atoms with Crippen molar-refractivity contribution in [1.82, 2.24) is 20.2 Å². The first kappa shape index (κ1) is 18.3. The van der Waals surface area contributed by atoms with Crippen molar-refractivity contribution in [3.63, 3.8) is 0 Å². The number of carbonyl (C=O) groups excluding carboxylic acids is 1. The van der Waals surface area contributed by atoms with E-state index in [1.807, 2.05) is 25.1 Å². The van der Waals surface area contributed by atoms with E-state index in [1.165, 1.54) is 16.8 Å². The number of allylic oxidation sites excluding steroid dienone is 1. The first-order valence-corrected chi connectivity index (χ1v) is 8.82. The van der Waals surface area contributed by atoms with Crippen molar-refractivity contribution in [3.8, 4) is 0 Å². The lowest BCUT2D eigenvalue weighted by Gasteiger charge is -2.28. The summed E-state index contributed by atoms with van der Waals surface area (Å²) in [5.74, 6) is 0.0723. The van der Waals surface area contributed by atoms with E-state index in [1.54, 1.807) is 25.1 Å². The summed E-state index contributed by atoms with van der Waals surface area (Å²) in [5.41, 5.74) is 3.32. The molecule has 1 atom stereocenters. The first-order valence-electron chi connectivity index (χ1n) is 8.82. The van der Waals surface area contributed by atoms with Crippen LogP contribution >= 0.6 is 0 Å². The number of carbonyl (C=O) groups is 1. The van der Waals surface area contributed by atoms with Crippen LogP contribution in [-0.2, 0) is 4.79 Å². The molecule has 3 aromatic rings. The van der Waals surface area contributed by atoms with Crippen LogP contribution in [0.15, 0.2) is 59.8 Å². The van der Waals surface area contributed by atoms with Crippen LogP contribution in [0.2, 0.25) is 0 Å². The van der Waals surface area contributed by atoms with E-state index in [0.29, 0.717) is 28.5 Å². The van der Waals surface area contributed by atoms with E-state index in [4.69, 9.17) is 0 Å². The molecule has 1 amide bonds. The summed E-state index contributed by atoms with van der Waals surface area (Å²) in [6, 6.07) is 12.8. The van der Waals surface area contributed by atoms with Gasteiger partial charge in [0.15, 0.2) is 0 Å². The maximum atomic E-state index is 13.2. The van der Waals surface area contributed by atoms with Crippen LogP contribution in [0.5, 0.6) is 0 Å². The number of hydrogen-bond acceptors (Lipinski definition) is 7. The topological polar surface area (TPSA) is 128 Å². The molecule has 2 heterocycles. The SMILES string of the molecule is CC1=C(C(=O)Nc2cccc(C)c2)C(c2ccc([N+](=O)[O-])cc2)n2nnnc2N1. The Morgan fingerprint density at radius 1 is 1.21 bits per heavy atom. The van der Waals surface area contributed by atoms with E-state index in [0.717, 1.165) is 5.56 Å². The highest BCUT2D eigenvalue weighted by Crippen LogP contribution is 2.35. The van der Waals surface area contributed by atoms with Crippen molar-refractivity contribution in [2.45, 2.75) is 19.9 Å². The summed E-state index contributed by atoms with van der Waals surface area (Å²) in [4.78, 5) is 23.7. The number of amides is 1. The summed E-state index contributed by atoms with van der Waals surface area (Å²) in [6.07, 6.45) is 0. The third kappa shape index (κ3) is 3.43. The lowest BCUT2D eigenvalue weighted by atomic mass is 9.95. The first-order chi connectivity index (χ1) is 13.9. The van der Waals surface area contributed by atoms with E-state index in [9.17, 15) is 14.9 Å². The largest absolute Gasteiger partial charge is 0.326 e. The van der Waals surface area contributed by atoms with E-state index in [-0.39, 0.29) is 11.6 Å². The predicted octanol–water partition coefficient (Wildman–Crippen LogP) is 2.82. The quantitative estimate of drug-likeness (QED) is 0.517. The van der Waals surface area contributed by atoms with Crippen LogP contribution in [0.1, 0.15) is 24.1 Å². The van der Waals surface area contributed by atoms with E-state index < -0.39 is 11.0 Å². The molecule has 1 aliphatic rings. The third-order valence-electron chi connectivity index (χ3n) is 4.65. The minimum absolute atomic E-state index is 0.0360. The van der Waals surface area contributed by atoms with Crippen LogP contribution in [0, 0.1) is 17.0 Å². The molecule has 1 aliphatic heterocycles. The predicted molar refractivity (Wildman–Crippen MR) is 105 cm³/mol.